The van der Waals surface area contributed by atoms with Crippen LogP contribution in [0.5, 0.6) is 11.9 Å². The Bertz CT molecular complexity index is 1730. The number of piperidine rings is 1. The summed E-state index contributed by atoms with van der Waals surface area (Å²) >= 11 is 6.77. The summed E-state index contributed by atoms with van der Waals surface area (Å²) in [5, 5.41) is 19.2. The fourth-order valence-electron chi connectivity index (χ4n) is 7.19. The van der Waals surface area contributed by atoms with Gasteiger partial charge in [-0.25, -0.2) is 13.8 Å². The molecule has 4 aromatic rings. The van der Waals surface area contributed by atoms with Crippen molar-refractivity contribution in [1.82, 2.24) is 30.0 Å². The molecule has 3 aromatic heterocycles. The molecule has 0 amide bonds. The number of methoxy groups -OCH3 is 1. The average molecular weight is 614 g/mol. The van der Waals surface area contributed by atoms with Gasteiger partial charge in [0.05, 0.1) is 35.0 Å². The number of aryl methyl sites for hydroxylation is 1. The van der Waals surface area contributed by atoms with Crippen molar-refractivity contribution in [2.75, 3.05) is 44.8 Å². The van der Waals surface area contributed by atoms with Crippen molar-refractivity contribution >= 4 is 39.2 Å². The Morgan fingerprint density at radius 3 is 2.81 bits per heavy atom. The van der Waals surface area contributed by atoms with Crippen LogP contribution in [0.2, 0.25) is 5.02 Å². The third-order valence-corrected chi connectivity index (χ3v) is 9.70. The molecule has 1 aromatic carbocycles. The average Bonchev–Trinajstić information content (AvgIpc) is 3.66. The lowest BCUT2D eigenvalue weighted by atomic mass is 9.95. The Kier molecular flexibility index (Phi) is 6.86. The van der Waals surface area contributed by atoms with E-state index in [1.165, 1.54) is 7.11 Å². The molecule has 3 fully saturated rings. The first-order chi connectivity index (χ1) is 20.6. The molecule has 7 rings (SSSR count). The van der Waals surface area contributed by atoms with E-state index in [0.29, 0.717) is 59.7 Å². The first-order valence-corrected chi connectivity index (χ1v) is 15.0. The molecule has 2 N–H and O–H groups in total. The van der Waals surface area contributed by atoms with Gasteiger partial charge in [-0.05, 0) is 57.7 Å². The first kappa shape index (κ1) is 28.4. The van der Waals surface area contributed by atoms with E-state index in [-0.39, 0.29) is 41.6 Å². The second kappa shape index (κ2) is 10.4. The third-order valence-electron chi connectivity index (χ3n) is 9.21. The minimum absolute atomic E-state index is 0.0295. The highest BCUT2D eigenvalue weighted by molar-refractivity contribution is 6.35. The zero-order valence-electron chi connectivity index (χ0n) is 24.4. The third kappa shape index (κ3) is 4.74. The van der Waals surface area contributed by atoms with Gasteiger partial charge in [-0.15, -0.1) is 0 Å². The standard InChI is InChI=1S/C30H34ClF2N7O3/c1-16-10-19-18(12-34-38-19)20(22(16)31)24-23(33)25-21(27(35-24)42-3)26(39-8-4-6-29(2,41)14-39)37-28(36-25)43-15-30-7-5-9-40(30)13-17(32)11-30/h10,12,17,41H,4-9,11,13-15H2,1-3H3,(H,34,38)/t17-,29-,30+/m1/s1. The van der Waals surface area contributed by atoms with Crippen LogP contribution in [0.15, 0.2) is 12.3 Å². The second-order valence-corrected chi connectivity index (χ2v) is 12.8. The van der Waals surface area contributed by atoms with Crippen molar-refractivity contribution in [3.8, 4) is 23.1 Å². The monoisotopic (exact) mass is 613 g/mol. The van der Waals surface area contributed by atoms with Gasteiger partial charge in [0, 0.05) is 37.0 Å². The SMILES string of the molecule is COc1nc(-c2c(Cl)c(C)cc3[nH]ncc23)c(F)c2nc(OC[C@@]34CCCN3C[C@H](F)C4)nc(N3CCC[C@@](C)(O)C3)c12. The molecule has 0 spiro atoms. The van der Waals surface area contributed by atoms with Crippen molar-refractivity contribution in [1.29, 1.82) is 0 Å². The van der Waals surface area contributed by atoms with Crippen molar-refractivity contribution < 1.29 is 23.4 Å². The number of H-pyrrole nitrogens is 1. The molecule has 0 saturated carbocycles. The van der Waals surface area contributed by atoms with Gasteiger partial charge in [0.25, 0.3) is 0 Å². The minimum atomic E-state index is -0.971. The fourth-order valence-corrected chi connectivity index (χ4v) is 7.44. The highest BCUT2D eigenvalue weighted by atomic mass is 35.5. The maximum atomic E-state index is 16.8. The molecule has 6 heterocycles. The number of fused-ring (bicyclic) bond motifs is 3. The molecule has 3 atom stereocenters. The molecular formula is C30H34ClF2N7O3. The van der Waals surface area contributed by atoms with Gasteiger partial charge in [-0.3, -0.25) is 10.00 Å². The lowest BCUT2D eigenvalue weighted by Crippen LogP contribution is -2.46. The molecule has 3 aliphatic heterocycles. The minimum Gasteiger partial charge on any atom is -0.480 e. The number of aliphatic hydroxyl groups is 1. The molecule has 3 saturated heterocycles. The van der Waals surface area contributed by atoms with Crippen LogP contribution in [0.4, 0.5) is 14.6 Å². The number of aromatic amines is 1. The van der Waals surface area contributed by atoms with Crippen LogP contribution in [-0.4, -0.2) is 92.4 Å². The zero-order chi connectivity index (χ0) is 30.1. The number of pyridine rings is 1. The number of anilines is 1. The number of aromatic nitrogens is 5. The van der Waals surface area contributed by atoms with Crippen molar-refractivity contribution in [2.45, 2.75) is 63.3 Å². The van der Waals surface area contributed by atoms with Gasteiger partial charge >= 0.3 is 6.01 Å². The Morgan fingerprint density at radius 1 is 1.21 bits per heavy atom. The summed E-state index contributed by atoms with van der Waals surface area (Å²) in [6, 6.07) is 1.81. The normalized spacial score (nSPS) is 26.0. The maximum absolute atomic E-state index is 16.8. The van der Waals surface area contributed by atoms with Crippen LogP contribution in [0.25, 0.3) is 33.1 Å². The first-order valence-electron chi connectivity index (χ1n) is 14.7. The van der Waals surface area contributed by atoms with Gasteiger partial charge in [0.15, 0.2) is 5.82 Å². The van der Waals surface area contributed by atoms with Gasteiger partial charge < -0.3 is 19.5 Å². The molecular weight excluding hydrogens is 580 g/mol. The van der Waals surface area contributed by atoms with E-state index >= 15 is 4.39 Å². The van der Waals surface area contributed by atoms with Crippen molar-refractivity contribution in [2.24, 2.45) is 0 Å². The Balaban J connectivity index is 1.41. The van der Waals surface area contributed by atoms with Gasteiger partial charge in [-0.2, -0.15) is 15.1 Å². The molecule has 43 heavy (non-hydrogen) atoms. The van der Waals surface area contributed by atoms with E-state index in [9.17, 15) is 9.50 Å². The quantitative estimate of drug-likeness (QED) is 0.311. The molecule has 13 heteroatoms. The highest BCUT2D eigenvalue weighted by Crippen LogP contribution is 2.44. The lowest BCUT2D eigenvalue weighted by molar-refractivity contribution is 0.0447. The molecule has 0 bridgehead atoms. The number of hydrogen-bond donors (Lipinski definition) is 2. The highest BCUT2D eigenvalue weighted by Gasteiger charge is 2.49. The molecule has 0 radical (unpaired) electrons. The second-order valence-electron chi connectivity index (χ2n) is 12.4. The summed E-state index contributed by atoms with van der Waals surface area (Å²) in [4.78, 5) is 18.0. The molecule has 3 aliphatic rings. The molecule has 0 aliphatic carbocycles. The van der Waals surface area contributed by atoms with Gasteiger partial charge in [-0.1, -0.05) is 11.6 Å². The van der Waals surface area contributed by atoms with E-state index in [4.69, 9.17) is 26.1 Å². The Hall–Kier alpha value is -3.35. The number of nitrogens with zero attached hydrogens (tertiary/aromatic N) is 6. The van der Waals surface area contributed by atoms with Crippen LogP contribution in [0.1, 0.15) is 44.6 Å². The summed E-state index contributed by atoms with van der Waals surface area (Å²) in [5.74, 6) is -0.244. The van der Waals surface area contributed by atoms with E-state index in [2.05, 4.69) is 25.1 Å². The fraction of sp³-hybridized carbons (Fsp3) is 0.533. The summed E-state index contributed by atoms with van der Waals surface area (Å²) < 4.78 is 43.2. The van der Waals surface area contributed by atoms with Gasteiger partial charge in [0.1, 0.15) is 35.2 Å². The molecule has 228 valence electrons. The smallest absolute Gasteiger partial charge is 0.319 e. The van der Waals surface area contributed by atoms with Crippen molar-refractivity contribution in [3.63, 3.8) is 0 Å². The largest absolute Gasteiger partial charge is 0.480 e. The Labute approximate surface area is 252 Å². The van der Waals surface area contributed by atoms with Crippen LogP contribution < -0.4 is 14.4 Å². The maximum Gasteiger partial charge on any atom is 0.319 e. The number of hydrogen-bond acceptors (Lipinski definition) is 9. The van der Waals surface area contributed by atoms with E-state index < -0.39 is 23.1 Å². The predicted molar refractivity (Wildman–Crippen MR) is 159 cm³/mol. The van der Waals surface area contributed by atoms with E-state index in [0.717, 1.165) is 24.9 Å². The van der Waals surface area contributed by atoms with E-state index in [1.807, 2.05) is 17.9 Å². The number of β-amino-alcohol motifs (C(OH)–C–C–N with tert-alkyl or cyclic N) is 1. The van der Waals surface area contributed by atoms with Crippen LogP contribution in [0.3, 0.4) is 0 Å². The summed E-state index contributed by atoms with van der Waals surface area (Å²) in [5.41, 5.74) is 0.282. The number of rotatable bonds is 6. The number of nitrogens with one attached hydrogen (secondary N) is 1. The lowest BCUT2D eigenvalue weighted by Gasteiger charge is -2.38. The van der Waals surface area contributed by atoms with E-state index in [1.54, 1.807) is 13.1 Å². The number of halogens is 3. The van der Waals surface area contributed by atoms with Crippen molar-refractivity contribution in [3.05, 3.63) is 28.7 Å². The molecule has 0 unspecified atom stereocenters. The van der Waals surface area contributed by atoms with Crippen LogP contribution in [-0.2, 0) is 0 Å². The summed E-state index contributed by atoms with van der Waals surface area (Å²) in [6.07, 6.45) is 4.15. The number of benzene rings is 1. The summed E-state index contributed by atoms with van der Waals surface area (Å²) in [7, 11) is 1.45. The van der Waals surface area contributed by atoms with Crippen LogP contribution in [0, 0.1) is 12.7 Å². The number of alkyl halides is 1. The topological polar surface area (TPSA) is 113 Å². The predicted octanol–water partition coefficient (Wildman–Crippen LogP) is 4.98. The van der Waals surface area contributed by atoms with Gasteiger partial charge in [0.2, 0.25) is 5.88 Å². The molecule has 10 nitrogen and oxygen atoms in total. The number of ether oxygens (including phenoxy) is 2. The Morgan fingerprint density at radius 2 is 2.02 bits per heavy atom. The zero-order valence-corrected chi connectivity index (χ0v) is 25.1. The summed E-state index contributed by atoms with van der Waals surface area (Å²) in [6.45, 7) is 5.83. The van der Waals surface area contributed by atoms with Crippen LogP contribution >= 0.6 is 11.6 Å².